The number of nitrogens with one attached hydrogen (secondary N) is 1. The Balaban J connectivity index is 2.10. The molecule has 0 spiro atoms. The zero-order chi connectivity index (χ0) is 19.6. The summed E-state index contributed by atoms with van der Waals surface area (Å²) in [7, 11) is 0. The Bertz CT molecular complexity index is 1010. The van der Waals surface area contributed by atoms with Gasteiger partial charge in [-0.3, -0.25) is 4.79 Å². The third-order valence-electron chi connectivity index (χ3n) is 3.55. The Morgan fingerprint density at radius 3 is 2.63 bits per heavy atom. The van der Waals surface area contributed by atoms with Gasteiger partial charge < -0.3 is 10.1 Å². The summed E-state index contributed by atoms with van der Waals surface area (Å²) in [6.07, 6.45) is 1.25. The molecule has 0 bridgehead atoms. The van der Waals surface area contributed by atoms with Gasteiger partial charge in [0.25, 0.3) is 9.70 Å². The Morgan fingerprint density at radius 2 is 1.93 bits per heavy atom. The number of ether oxygens (including phenoxy) is 1. The Hall–Kier alpha value is -2.35. The zero-order valence-electron chi connectivity index (χ0n) is 13.9. The molecule has 27 heavy (non-hydrogen) atoms. The van der Waals surface area contributed by atoms with E-state index >= 15 is 0 Å². The van der Waals surface area contributed by atoms with Crippen LogP contribution in [0.15, 0.2) is 42.6 Å². The fourth-order valence-corrected chi connectivity index (χ4v) is 2.49. The number of alkyl halides is 3. The molecule has 0 radical (unpaired) electrons. The number of halogens is 3. The largest absolute Gasteiger partial charge is 0.462 e. The number of esters is 1. The highest BCUT2D eigenvalue weighted by molar-refractivity contribution is 6.76. The summed E-state index contributed by atoms with van der Waals surface area (Å²) in [4.78, 5) is 28.8. The normalized spacial score (nSPS) is 11.4. The van der Waals surface area contributed by atoms with Crippen LogP contribution in [-0.2, 0) is 9.53 Å². The number of rotatable bonds is 4. The van der Waals surface area contributed by atoms with Crippen LogP contribution in [0.1, 0.15) is 17.3 Å². The van der Waals surface area contributed by atoms with E-state index in [0.717, 1.165) is 5.39 Å². The number of aromatic nitrogens is 3. The fraction of sp³-hybridized carbons (Fsp3) is 0.176. The molecule has 0 aliphatic carbocycles. The van der Waals surface area contributed by atoms with Gasteiger partial charge in [-0.25, -0.2) is 9.78 Å². The zero-order valence-corrected chi connectivity index (χ0v) is 16.2. The van der Waals surface area contributed by atoms with Crippen molar-refractivity contribution in [2.75, 3.05) is 11.9 Å². The van der Waals surface area contributed by atoms with Crippen LogP contribution in [-0.4, -0.2) is 37.0 Å². The molecular weight excluding hydrogens is 415 g/mol. The lowest BCUT2D eigenvalue weighted by Crippen LogP contribution is -2.29. The van der Waals surface area contributed by atoms with Crippen molar-refractivity contribution < 1.29 is 14.3 Å². The van der Waals surface area contributed by atoms with E-state index in [9.17, 15) is 9.59 Å². The number of fused-ring (bicyclic) bond motifs is 1. The molecular formula is C17H13Cl3N4O3. The lowest BCUT2D eigenvalue weighted by Gasteiger charge is -2.14. The molecule has 2 heterocycles. The molecule has 140 valence electrons. The second kappa shape index (κ2) is 7.72. The van der Waals surface area contributed by atoms with Gasteiger partial charge in [0.05, 0.1) is 18.3 Å². The second-order valence-corrected chi connectivity index (χ2v) is 7.63. The summed E-state index contributed by atoms with van der Waals surface area (Å²) in [6.45, 7) is 1.81. The summed E-state index contributed by atoms with van der Waals surface area (Å²) >= 11 is 16.9. The van der Waals surface area contributed by atoms with Crippen molar-refractivity contribution >= 4 is 63.4 Å². The van der Waals surface area contributed by atoms with Crippen molar-refractivity contribution in [2.24, 2.45) is 0 Å². The van der Waals surface area contributed by atoms with Gasteiger partial charge in [0.2, 0.25) is 0 Å². The minimum atomic E-state index is -2.22. The van der Waals surface area contributed by atoms with Crippen molar-refractivity contribution in [1.29, 1.82) is 0 Å². The fourth-order valence-electron chi connectivity index (χ4n) is 2.35. The molecule has 3 aromatic rings. The van der Waals surface area contributed by atoms with Crippen LogP contribution in [0.25, 0.3) is 16.7 Å². The predicted molar refractivity (Wildman–Crippen MR) is 104 cm³/mol. The third kappa shape index (κ3) is 4.16. The Kier molecular flexibility index (Phi) is 5.55. The first-order valence-corrected chi connectivity index (χ1v) is 8.94. The van der Waals surface area contributed by atoms with Crippen LogP contribution in [0, 0.1) is 0 Å². The van der Waals surface area contributed by atoms with Crippen molar-refractivity contribution in [1.82, 2.24) is 14.8 Å². The molecule has 0 atom stereocenters. The van der Waals surface area contributed by atoms with E-state index < -0.39 is 15.7 Å². The SMILES string of the molecule is CCOC(=O)c1cnn(-c2ccc3ccccc3n2)c1NC(=O)C(Cl)(Cl)Cl. The number of hydrogen-bond acceptors (Lipinski definition) is 5. The number of para-hydroxylation sites is 1. The summed E-state index contributed by atoms with van der Waals surface area (Å²) in [5.41, 5.74) is 0.719. The third-order valence-corrected chi connectivity index (χ3v) is 4.07. The highest BCUT2D eigenvalue weighted by Gasteiger charge is 2.33. The molecule has 0 saturated carbocycles. The maximum absolute atomic E-state index is 12.2. The van der Waals surface area contributed by atoms with Gasteiger partial charge in [-0.1, -0.05) is 53.0 Å². The highest BCUT2D eigenvalue weighted by atomic mass is 35.6. The first kappa shape index (κ1) is 19.4. The number of carbonyl (C=O) groups excluding carboxylic acids is 2. The molecule has 1 aromatic carbocycles. The maximum atomic E-state index is 12.2. The summed E-state index contributed by atoms with van der Waals surface area (Å²) in [5, 5.41) is 7.47. The van der Waals surface area contributed by atoms with Crippen molar-refractivity contribution in [3.8, 4) is 5.82 Å². The van der Waals surface area contributed by atoms with Crippen LogP contribution in [0.2, 0.25) is 0 Å². The summed E-state index contributed by atoms with van der Waals surface area (Å²) in [6, 6.07) is 11.0. The summed E-state index contributed by atoms with van der Waals surface area (Å²) in [5.74, 6) is -1.26. The molecule has 0 fully saturated rings. The predicted octanol–water partition coefficient (Wildman–Crippen LogP) is 3.91. The van der Waals surface area contributed by atoms with E-state index in [0.29, 0.717) is 11.3 Å². The first-order chi connectivity index (χ1) is 12.8. The molecule has 1 N–H and O–H groups in total. The van der Waals surface area contributed by atoms with Crippen LogP contribution in [0.4, 0.5) is 5.82 Å². The second-order valence-electron chi connectivity index (χ2n) is 5.35. The smallest absolute Gasteiger partial charge is 0.343 e. The van der Waals surface area contributed by atoms with Gasteiger partial charge in [0, 0.05) is 5.39 Å². The molecule has 3 rings (SSSR count). The monoisotopic (exact) mass is 426 g/mol. The van der Waals surface area contributed by atoms with Gasteiger partial charge in [0.1, 0.15) is 5.56 Å². The average Bonchev–Trinajstić information content (AvgIpc) is 3.04. The van der Waals surface area contributed by atoms with Crippen LogP contribution < -0.4 is 5.32 Å². The minimum Gasteiger partial charge on any atom is -0.462 e. The number of nitrogens with zero attached hydrogens (tertiary/aromatic N) is 3. The first-order valence-electron chi connectivity index (χ1n) is 7.80. The number of carbonyl (C=O) groups is 2. The van der Waals surface area contributed by atoms with Gasteiger partial charge in [-0.2, -0.15) is 9.78 Å². The molecule has 7 nitrogen and oxygen atoms in total. The average molecular weight is 428 g/mol. The minimum absolute atomic E-state index is 0.00689. The number of pyridine rings is 1. The van der Waals surface area contributed by atoms with Gasteiger partial charge in [-0.15, -0.1) is 0 Å². The number of hydrogen-bond donors (Lipinski definition) is 1. The van der Waals surface area contributed by atoms with E-state index in [2.05, 4.69) is 15.4 Å². The quantitative estimate of drug-likeness (QED) is 0.504. The molecule has 0 saturated heterocycles. The van der Waals surface area contributed by atoms with Gasteiger partial charge in [0.15, 0.2) is 11.6 Å². The number of benzene rings is 1. The highest BCUT2D eigenvalue weighted by Crippen LogP contribution is 2.29. The molecule has 0 aliphatic heterocycles. The van der Waals surface area contributed by atoms with E-state index in [1.807, 2.05) is 30.3 Å². The van der Waals surface area contributed by atoms with E-state index in [1.54, 1.807) is 13.0 Å². The molecule has 2 aromatic heterocycles. The number of amides is 1. The maximum Gasteiger partial charge on any atom is 0.343 e. The lowest BCUT2D eigenvalue weighted by atomic mass is 10.2. The molecule has 10 heteroatoms. The number of anilines is 1. The Morgan fingerprint density at radius 1 is 1.19 bits per heavy atom. The molecule has 1 amide bonds. The van der Waals surface area contributed by atoms with Crippen molar-refractivity contribution in [3.05, 3.63) is 48.2 Å². The van der Waals surface area contributed by atoms with Crippen LogP contribution in [0.3, 0.4) is 0 Å². The van der Waals surface area contributed by atoms with E-state index in [1.165, 1.54) is 10.9 Å². The van der Waals surface area contributed by atoms with E-state index in [-0.39, 0.29) is 18.0 Å². The van der Waals surface area contributed by atoms with E-state index in [4.69, 9.17) is 39.5 Å². The molecule has 0 unspecified atom stereocenters. The van der Waals surface area contributed by atoms with Crippen LogP contribution in [0.5, 0.6) is 0 Å². The van der Waals surface area contributed by atoms with Gasteiger partial charge in [-0.05, 0) is 25.1 Å². The van der Waals surface area contributed by atoms with Crippen LogP contribution >= 0.6 is 34.8 Å². The summed E-state index contributed by atoms with van der Waals surface area (Å²) < 4.78 is 4.04. The van der Waals surface area contributed by atoms with Crippen molar-refractivity contribution in [3.63, 3.8) is 0 Å². The lowest BCUT2D eigenvalue weighted by molar-refractivity contribution is -0.115. The molecule has 0 aliphatic rings. The standard InChI is InChI=1S/C17H13Cl3N4O3/c1-2-27-15(25)11-9-21-24(14(11)23-16(26)17(18,19)20)13-8-7-10-5-3-4-6-12(10)22-13/h3-9H,2H2,1H3,(H,23,26). The van der Waals surface area contributed by atoms with Gasteiger partial charge >= 0.3 is 5.97 Å². The Labute approximate surface area is 169 Å². The topological polar surface area (TPSA) is 86.1 Å². The van der Waals surface area contributed by atoms with Crippen molar-refractivity contribution in [2.45, 2.75) is 10.7 Å².